The number of ether oxygens (including phenoxy) is 1. The first-order chi connectivity index (χ1) is 15.5. The van der Waals surface area contributed by atoms with Gasteiger partial charge in [0.25, 0.3) is 0 Å². The van der Waals surface area contributed by atoms with E-state index < -0.39 is 0 Å². The molecule has 1 aromatic heterocycles. The van der Waals surface area contributed by atoms with Gasteiger partial charge in [-0.3, -0.25) is 4.79 Å². The first kappa shape index (κ1) is 21.0. The van der Waals surface area contributed by atoms with Crippen molar-refractivity contribution in [1.29, 1.82) is 0 Å². The highest BCUT2D eigenvalue weighted by molar-refractivity contribution is 7.18. The predicted molar refractivity (Wildman–Crippen MR) is 129 cm³/mol. The quantitative estimate of drug-likeness (QED) is 0.416. The number of benzene rings is 2. The van der Waals surface area contributed by atoms with E-state index in [1.165, 1.54) is 36.2 Å². The number of rotatable bonds is 8. The monoisotopic (exact) mass is 448 g/mol. The fourth-order valence-corrected chi connectivity index (χ4v) is 4.98. The Morgan fingerprint density at radius 1 is 1.28 bits per heavy atom. The van der Waals surface area contributed by atoms with Gasteiger partial charge >= 0.3 is 0 Å². The number of carbonyl (C=O) groups is 1. The number of thiazole rings is 1. The van der Waals surface area contributed by atoms with Crippen LogP contribution in [0.15, 0.2) is 48.5 Å². The van der Waals surface area contributed by atoms with Gasteiger partial charge in [-0.05, 0) is 81.0 Å². The van der Waals surface area contributed by atoms with E-state index in [2.05, 4.69) is 28.6 Å². The highest BCUT2D eigenvalue weighted by atomic mass is 32.1. The molecule has 3 aromatic rings. The van der Waals surface area contributed by atoms with E-state index in [0.717, 1.165) is 24.4 Å². The van der Waals surface area contributed by atoms with Crippen molar-refractivity contribution < 1.29 is 9.53 Å². The normalized spacial score (nSPS) is 20.3. The Bertz CT molecular complexity index is 1120. The smallest absolute Gasteiger partial charge is 0.206 e. The molecule has 6 nitrogen and oxygen atoms in total. The van der Waals surface area contributed by atoms with Crippen molar-refractivity contribution in [2.24, 2.45) is 0 Å². The second kappa shape index (κ2) is 8.56. The molecule has 0 unspecified atom stereocenters. The van der Waals surface area contributed by atoms with Crippen LogP contribution in [0.2, 0.25) is 0 Å². The molecule has 1 saturated carbocycles. The van der Waals surface area contributed by atoms with E-state index in [1.807, 2.05) is 42.5 Å². The number of nitrogen functional groups attached to an aromatic ring is 1. The Balaban J connectivity index is 1.24. The molecule has 7 heteroatoms. The first-order valence-corrected chi connectivity index (χ1v) is 12.0. The lowest BCUT2D eigenvalue weighted by atomic mass is 10.0. The van der Waals surface area contributed by atoms with Crippen molar-refractivity contribution in [3.8, 4) is 5.75 Å². The molecule has 2 aliphatic rings. The zero-order valence-corrected chi connectivity index (χ0v) is 19.0. The summed E-state index contributed by atoms with van der Waals surface area (Å²) in [5, 5.41) is 7.35. The zero-order valence-electron chi connectivity index (χ0n) is 18.2. The number of ketones is 1. The molecule has 4 N–H and O–H groups in total. The standard InChI is InChI=1S/C25H28N4O2S/c1-25(12-3-13-27-25)15-31-20-10-8-19(9-11-20)28-24-29-23(26)22(32-24)21(30)18-5-2-4-17(14-18)16-6-7-16/h2,4-5,8-11,14,16,27H,3,6-7,12-13,15,26H2,1H3,(H,28,29)/t25-/m1/s1. The van der Waals surface area contributed by atoms with Gasteiger partial charge in [-0.2, -0.15) is 0 Å². The summed E-state index contributed by atoms with van der Waals surface area (Å²) in [6.07, 6.45) is 4.73. The number of aromatic nitrogens is 1. The molecule has 5 rings (SSSR count). The lowest BCUT2D eigenvalue weighted by Crippen LogP contribution is -2.42. The third-order valence-electron chi connectivity index (χ3n) is 6.18. The molecule has 0 bridgehead atoms. The maximum Gasteiger partial charge on any atom is 0.206 e. The number of hydrogen-bond donors (Lipinski definition) is 3. The van der Waals surface area contributed by atoms with E-state index in [-0.39, 0.29) is 17.1 Å². The Kier molecular flexibility index (Phi) is 5.61. The van der Waals surface area contributed by atoms with Crippen LogP contribution in [0.3, 0.4) is 0 Å². The molecular formula is C25H28N4O2S. The zero-order chi connectivity index (χ0) is 22.1. The first-order valence-electron chi connectivity index (χ1n) is 11.1. The molecule has 0 radical (unpaired) electrons. The van der Waals surface area contributed by atoms with Crippen LogP contribution < -0.4 is 21.1 Å². The van der Waals surface area contributed by atoms with Gasteiger partial charge in [-0.1, -0.05) is 29.5 Å². The Morgan fingerprint density at radius 3 is 2.81 bits per heavy atom. The summed E-state index contributed by atoms with van der Waals surface area (Å²) in [6.45, 7) is 3.90. The molecular weight excluding hydrogens is 420 g/mol. The molecule has 2 heterocycles. The fraction of sp³-hybridized carbons (Fsp3) is 0.360. The van der Waals surface area contributed by atoms with Gasteiger partial charge in [-0.25, -0.2) is 4.98 Å². The van der Waals surface area contributed by atoms with Crippen molar-refractivity contribution in [3.05, 3.63) is 64.5 Å². The van der Waals surface area contributed by atoms with Crippen LogP contribution in [0.5, 0.6) is 5.75 Å². The van der Waals surface area contributed by atoms with Crippen LogP contribution >= 0.6 is 11.3 Å². The molecule has 1 atom stereocenters. The number of anilines is 3. The van der Waals surface area contributed by atoms with Gasteiger partial charge in [0.2, 0.25) is 5.78 Å². The molecule has 1 aliphatic heterocycles. The Labute approximate surface area is 192 Å². The van der Waals surface area contributed by atoms with E-state index in [0.29, 0.717) is 28.1 Å². The summed E-state index contributed by atoms with van der Waals surface area (Å²) in [7, 11) is 0. The van der Waals surface area contributed by atoms with E-state index in [4.69, 9.17) is 10.5 Å². The minimum atomic E-state index is -0.0756. The summed E-state index contributed by atoms with van der Waals surface area (Å²) in [4.78, 5) is 17.9. The third-order valence-corrected chi connectivity index (χ3v) is 7.16. The second-order valence-electron chi connectivity index (χ2n) is 8.99. The highest BCUT2D eigenvalue weighted by Gasteiger charge is 2.28. The maximum atomic E-state index is 13.0. The molecule has 32 heavy (non-hydrogen) atoms. The van der Waals surface area contributed by atoms with Crippen molar-refractivity contribution in [2.75, 3.05) is 24.2 Å². The summed E-state index contributed by atoms with van der Waals surface area (Å²) in [5.74, 6) is 1.61. The Morgan fingerprint density at radius 2 is 2.09 bits per heavy atom. The Hall–Kier alpha value is -2.90. The van der Waals surface area contributed by atoms with Crippen molar-refractivity contribution in [3.63, 3.8) is 0 Å². The van der Waals surface area contributed by atoms with E-state index in [1.54, 1.807) is 0 Å². The molecule has 166 valence electrons. The number of nitrogens with zero attached hydrogens (tertiary/aromatic N) is 1. The molecule has 1 aliphatic carbocycles. The van der Waals surface area contributed by atoms with Gasteiger partial charge in [0, 0.05) is 16.8 Å². The van der Waals surface area contributed by atoms with E-state index >= 15 is 0 Å². The van der Waals surface area contributed by atoms with Crippen LogP contribution in [0, 0.1) is 0 Å². The topological polar surface area (TPSA) is 89.3 Å². The maximum absolute atomic E-state index is 13.0. The van der Waals surface area contributed by atoms with Crippen LogP contribution in [-0.2, 0) is 0 Å². The summed E-state index contributed by atoms with van der Waals surface area (Å²) in [6, 6.07) is 15.6. The summed E-state index contributed by atoms with van der Waals surface area (Å²) < 4.78 is 5.96. The van der Waals surface area contributed by atoms with Crippen LogP contribution in [0.1, 0.15) is 59.3 Å². The largest absolute Gasteiger partial charge is 0.492 e. The average Bonchev–Trinajstić information content (AvgIpc) is 3.47. The van der Waals surface area contributed by atoms with Gasteiger partial charge in [0.05, 0.1) is 0 Å². The minimum absolute atomic E-state index is 0.0520. The number of hydrogen-bond acceptors (Lipinski definition) is 7. The summed E-state index contributed by atoms with van der Waals surface area (Å²) >= 11 is 1.28. The van der Waals surface area contributed by atoms with Gasteiger partial charge < -0.3 is 21.1 Å². The third kappa shape index (κ3) is 4.64. The van der Waals surface area contributed by atoms with Crippen molar-refractivity contribution in [1.82, 2.24) is 10.3 Å². The molecule has 1 saturated heterocycles. The van der Waals surface area contributed by atoms with E-state index in [9.17, 15) is 4.79 Å². The summed E-state index contributed by atoms with van der Waals surface area (Å²) in [5.41, 5.74) is 8.91. The predicted octanol–water partition coefficient (Wildman–Crippen LogP) is 5.10. The van der Waals surface area contributed by atoms with Crippen LogP contribution in [-0.4, -0.2) is 29.5 Å². The fourth-order valence-electron chi connectivity index (χ4n) is 4.11. The molecule has 2 fully saturated rings. The van der Waals surface area contributed by atoms with Crippen LogP contribution in [0.4, 0.5) is 16.6 Å². The van der Waals surface area contributed by atoms with Gasteiger partial charge in [0.15, 0.2) is 5.13 Å². The average molecular weight is 449 g/mol. The number of carbonyl (C=O) groups excluding carboxylic acids is 1. The second-order valence-corrected chi connectivity index (χ2v) is 9.99. The lowest BCUT2D eigenvalue weighted by molar-refractivity contribution is 0.104. The SMILES string of the molecule is C[C@]1(COc2ccc(Nc3nc(N)c(C(=O)c4cccc(C5CC5)c4)s3)cc2)CCCN1. The lowest BCUT2D eigenvalue weighted by Gasteiger charge is -2.24. The highest BCUT2D eigenvalue weighted by Crippen LogP contribution is 2.40. The molecule has 0 amide bonds. The van der Waals surface area contributed by atoms with Crippen LogP contribution in [0.25, 0.3) is 0 Å². The number of nitrogens with one attached hydrogen (secondary N) is 2. The van der Waals surface area contributed by atoms with Gasteiger partial charge in [-0.15, -0.1) is 0 Å². The van der Waals surface area contributed by atoms with Gasteiger partial charge in [0.1, 0.15) is 23.1 Å². The molecule has 2 aromatic carbocycles. The van der Waals surface area contributed by atoms with Crippen molar-refractivity contribution in [2.45, 2.75) is 44.1 Å². The number of nitrogens with two attached hydrogens (primary N) is 1. The van der Waals surface area contributed by atoms with Crippen molar-refractivity contribution >= 4 is 33.8 Å². The minimum Gasteiger partial charge on any atom is -0.492 e. The molecule has 0 spiro atoms.